The first kappa shape index (κ1) is 20.1. The van der Waals surface area contributed by atoms with Crippen LogP contribution in [0.3, 0.4) is 0 Å². The second-order valence-corrected chi connectivity index (χ2v) is 7.65. The van der Waals surface area contributed by atoms with E-state index >= 15 is 0 Å². The number of anilines is 1. The van der Waals surface area contributed by atoms with Crippen molar-refractivity contribution in [3.8, 4) is 6.07 Å². The van der Waals surface area contributed by atoms with Gasteiger partial charge in [-0.25, -0.2) is 4.98 Å². The summed E-state index contributed by atoms with van der Waals surface area (Å²) in [6.45, 7) is 6.10. The van der Waals surface area contributed by atoms with E-state index in [1.165, 1.54) is 0 Å². The minimum atomic E-state index is 0.0737. The molecule has 3 rings (SSSR count). The molecular weight excluding hydrogens is 360 g/mol. The smallest absolute Gasteiger partial charge is 0.236 e. The van der Waals surface area contributed by atoms with Crippen molar-refractivity contribution in [2.45, 2.75) is 19.8 Å². The number of likely N-dealkylation sites (tertiary alicyclic amines) is 1. The van der Waals surface area contributed by atoms with Crippen LogP contribution in [0.25, 0.3) is 0 Å². The summed E-state index contributed by atoms with van der Waals surface area (Å²) in [5.74, 6) is 1.35. The van der Waals surface area contributed by atoms with Crippen molar-refractivity contribution in [2.24, 2.45) is 5.92 Å². The highest BCUT2D eigenvalue weighted by molar-refractivity contribution is 5.79. The number of hydrogen-bond acceptors (Lipinski definition) is 7. The lowest BCUT2D eigenvalue weighted by atomic mass is 9.95. The van der Waals surface area contributed by atoms with Gasteiger partial charge in [0.1, 0.15) is 6.07 Å². The second-order valence-electron chi connectivity index (χ2n) is 7.65. The summed E-state index contributed by atoms with van der Waals surface area (Å²) < 4.78 is 5.56. The van der Waals surface area contributed by atoms with E-state index in [0.717, 1.165) is 25.9 Å². The van der Waals surface area contributed by atoms with E-state index in [1.54, 1.807) is 25.9 Å². The molecule has 152 valence electrons. The number of rotatable bonds is 4. The Morgan fingerprint density at radius 1 is 1.18 bits per heavy atom. The molecule has 0 aromatic carbocycles. The number of hydrogen-bond donors (Lipinski definition) is 0. The largest absolute Gasteiger partial charge is 0.424 e. The number of carbonyl (C=O) groups is 2. The Morgan fingerprint density at radius 2 is 1.82 bits per heavy atom. The molecule has 28 heavy (non-hydrogen) atoms. The number of piperazine rings is 1. The third kappa shape index (κ3) is 4.44. The molecule has 2 amide bonds. The van der Waals surface area contributed by atoms with Crippen molar-refractivity contribution in [2.75, 3.05) is 64.8 Å². The van der Waals surface area contributed by atoms with Crippen molar-refractivity contribution in [1.82, 2.24) is 19.7 Å². The molecule has 0 aliphatic carbocycles. The van der Waals surface area contributed by atoms with Crippen molar-refractivity contribution in [1.29, 1.82) is 5.26 Å². The Hall–Kier alpha value is -2.60. The van der Waals surface area contributed by atoms with Gasteiger partial charge in [-0.05, 0) is 25.9 Å². The van der Waals surface area contributed by atoms with Crippen LogP contribution in [-0.4, -0.2) is 91.4 Å². The molecule has 2 aliphatic heterocycles. The van der Waals surface area contributed by atoms with Gasteiger partial charge in [0.15, 0.2) is 5.89 Å². The standard InChI is InChI=1S/C19H28N6O3/c1-14-21-16(12-20)19(28-14)25-10-8-24(9-11-25)17(26)13-23-6-4-15(5-7-23)18(27)22(2)3/h15H,4-11,13H2,1-3H3. The number of nitriles is 1. The van der Waals surface area contributed by atoms with Crippen LogP contribution in [0.1, 0.15) is 24.4 Å². The predicted octanol–water partition coefficient (Wildman–Crippen LogP) is 0.304. The van der Waals surface area contributed by atoms with E-state index < -0.39 is 0 Å². The van der Waals surface area contributed by atoms with Crippen LogP contribution in [0.2, 0.25) is 0 Å². The van der Waals surface area contributed by atoms with E-state index in [-0.39, 0.29) is 17.7 Å². The molecule has 1 aromatic rings. The maximum atomic E-state index is 12.7. The molecule has 0 atom stereocenters. The Bertz CT molecular complexity index is 752. The number of aromatic nitrogens is 1. The van der Waals surface area contributed by atoms with Gasteiger partial charge in [0.25, 0.3) is 0 Å². The maximum absolute atomic E-state index is 12.7. The van der Waals surface area contributed by atoms with E-state index in [4.69, 9.17) is 4.42 Å². The molecule has 0 radical (unpaired) electrons. The maximum Gasteiger partial charge on any atom is 0.236 e. The zero-order chi connectivity index (χ0) is 20.3. The van der Waals surface area contributed by atoms with Crippen molar-refractivity contribution in [3.05, 3.63) is 11.6 Å². The number of aryl methyl sites for hydroxylation is 1. The number of oxazole rings is 1. The van der Waals surface area contributed by atoms with Gasteiger partial charge in [0.05, 0.1) is 6.54 Å². The van der Waals surface area contributed by atoms with Gasteiger partial charge in [-0.3, -0.25) is 14.5 Å². The van der Waals surface area contributed by atoms with Crippen LogP contribution >= 0.6 is 0 Å². The van der Waals surface area contributed by atoms with Crippen LogP contribution in [0, 0.1) is 24.2 Å². The Morgan fingerprint density at radius 3 is 2.39 bits per heavy atom. The SMILES string of the molecule is Cc1nc(C#N)c(N2CCN(C(=O)CN3CCC(C(=O)N(C)C)CC3)CC2)o1. The van der Waals surface area contributed by atoms with Gasteiger partial charge in [-0.1, -0.05) is 0 Å². The highest BCUT2D eigenvalue weighted by Gasteiger charge is 2.29. The molecule has 0 saturated carbocycles. The number of piperidine rings is 1. The molecule has 2 saturated heterocycles. The third-order valence-corrected chi connectivity index (χ3v) is 5.48. The van der Waals surface area contributed by atoms with Gasteiger partial charge < -0.3 is 19.1 Å². The van der Waals surface area contributed by atoms with E-state index in [0.29, 0.717) is 50.2 Å². The van der Waals surface area contributed by atoms with Crippen molar-refractivity contribution >= 4 is 17.7 Å². The fraction of sp³-hybridized carbons (Fsp3) is 0.684. The normalized spacial score (nSPS) is 18.8. The molecular formula is C19H28N6O3. The average molecular weight is 388 g/mol. The zero-order valence-electron chi connectivity index (χ0n) is 16.8. The van der Waals surface area contributed by atoms with Gasteiger partial charge in [-0.15, -0.1) is 0 Å². The topological polar surface area (TPSA) is 96.9 Å². The minimum Gasteiger partial charge on any atom is -0.424 e. The van der Waals surface area contributed by atoms with Gasteiger partial charge in [0.2, 0.25) is 23.4 Å². The number of nitrogens with zero attached hydrogens (tertiary/aromatic N) is 6. The molecule has 9 nitrogen and oxygen atoms in total. The van der Waals surface area contributed by atoms with Gasteiger partial charge in [0, 0.05) is 53.1 Å². The van der Waals surface area contributed by atoms with Gasteiger partial charge in [-0.2, -0.15) is 5.26 Å². The summed E-state index contributed by atoms with van der Waals surface area (Å²) in [4.78, 5) is 36.4. The quantitative estimate of drug-likeness (QED) is 0.732. The van der Waals surface area contributed by atoms with Crippen molar-refractivity contribution < 1.29 is 14.0 Å². The van der Waals surface area contributed by atoms with Crippen LogP contribution in [0.4, 0.5) is 5.88 Å². The molecule has 0 bridgehead atoms. The fourth-order valence-electron chi connectivity index (χ4n) is 3.86. The predicted molar refractivity (Wildman–Crippen MR) is 103 cm³/mol. The first-order valence-corrected chi connectivity index (χ1v) is 9.72. The second kappa shape index (κ2) is 8.61. The van der Waals surface area contributed by atoms with Crippen LogP contribution in [0.15, 0.2) is 4.42 Å². The fourth-order valence-corrected chi connectivity index (χ4v) is 3.86. The van der Waals surface area contributed by atoms with E-state index in [2.05, 4.69) is 16.0 Å². The highest BCUT2D eigenvalue weighted by Crippen LogP contribution is 2.23. The Labute approximate surface area is 165 Å². The minimum absolute atomic E-state index is 0.0737. The number of amides is 2. The van der Waals surface area contributed by atoms with E-state index in [1.807, 2.05) is 9.80 Å². The number of carbonyl (C=O) groups excluding carboxylic acids is 2. The monoisotopic (exact) mass is 388 g/mol. The van der Waals surface area contributed by atoms with E-state index in [9.17, 15) is 14.9 Å². The zero-order valence-corrected chi connectivity index (χ0v) is 16.8. The lowest BCUT2D eigenvalue weighted by Gasteiger charge is -2.37. The summed E-state index contributed by atoms with van der Waals surface area (Å²) in [5, 5.41) is 9.18. The van der Waals surface area contributed by atoms with Crippen molar-refractivity contribution in [3.63, 3.8) is 0 Å². The molecule has 2 aliphatic rings. The third-order valence-electron chi connectivity index (χ3n) is 5.48. The molecule has 0 spiro atoms. The van der Waals surface area contributed by atoms with Gasteiger partial charge >= 0.3 is 0 Å². The van der Waals surface area contributed by atoms with Crippen LogP contribution in [-0.2, 0) is 9.59 Å². The molecule has 3 heterocycles. The molecule has 1 aromatic heterocycles. The summed E-state index contributed by atoms with van der Waals surface area (Å²) in [5.41, 5.74) is 0.299. The first-order valence-electron chi connectivity index (χ1n) is 9.72. The lowest BCUT2D eigenvalue weighted by Crippen LogP contribution is -2.52. The summed E-state index contributed by atoms with van der Waals surface area (Å²) in [6.07, 6.45) is 1.61. The highest BCUT2D eigenvalue weighted by atomic mass is 16.4. The first-order chi connectivity index (χ1) is 13.4. The summed E-state index contributed by atoms with van der Waals surface area (Å²) in [6, 6.07) is 2.06. The Kier molecular flexibility index (Phi) is 6.19. The summed E-state index contributed by atoms with van der Waals surface area (Å²) in [7, 11) is 3.58. The Balaban J connectivity index is 1.46. The lowest BCUT2D eigenvalue weighted by molar-refractivity contribution is -0.135. The molecule has 0 N–H and O–H groups in total. The molecule has 9 heteroatoms. The average Bonchev–Trinajstić information content (AvgIpc) is 3.09. The van der Waals surface area contributed by atoms with Crippen LogP contribution in [0.5, 0.6) is 0 Å². The summed E-state index contributed by atoms with van der Waals surface area (Å²) >= 11 is 0. The molecule has 2 fully saturated rings. The van der Waals surface area contributed by atoms with Crippen LogP contribution < -0.4 is 4.90 Å². The molecule has 0 unspecified atom stereocenters.